The molecule has 8 heteroatoms. The highest BCUT2D eigenvalue weighted by molar-refractivity contribution is 6.37. The van der Waals surface area contributed by atoms with Crippen molar-refractivity contribution in [1.82, 2.24) is 4.57 Å². The second-order valence-electron chi connectivity index (χ2n) is 5.10. The van der Waals surface area contributed by atoms with Crippen molar-refractivity contribution in [3.63, 3.8) is 0 Å². The van der Waals surface area contributed by atoms with Gasteiger partial charge in [0, 0.05) is 24.5 Å². The Hall–Kier alpha value is -2.90. The SMILES string of the molecule is O=C(O)C(=O)CC(=O)c1ccn(Cc2cccc(C(F)(F)F)c2)c1. The molecule has 0 aliphatic carbocycles. The van der Waals surface area contributed by atoms with Gasteiger partial charge in [-0.1, -0.05) is 12.1 Å². The first-order valence-electron chi connectivity index (χ1n) is 6.78. The first kappa shape index (κ1) is 17.5. The van der Waals surface area contributed by atoms with Gasteiger partial charge < -0.3 is 9.67 Å². The molecule has 1 N–H and O–H groups in total. The molecule has 0 bridgehead atoms. The molecule has 0 aliphatic rings. The van der Waals surface area contributed by atoms with E-state index in [0.29, 0.717) is 5.56 Å². The molecule has 0 atom stereocenters. The van der Waals surface area contributed by atoms with Crippen LogP contribution in [-0.4, -0.2) is 27.2 Å². The van der Waals surface area contributed by atoms with Crippen LogP contribution >= 0.6 is 0 Å². The molecule has 126 valence electrons. The van der Waals surface area contributed by atoms with Crippen LogP contribution in [0, 0.1) is 0 Å². The summed E-state index contributed by atoms with van der Waals surface area (Å²) in [6, 6.07) is 6.16. The largest absolute Gasteiger partial charge is 0.475 e. The highest BCUT2D eigenvalue weighted by Crippen LogP contribution is 2.29. The molecule has 1 aromatic heterocycles. The fraction of sp³-hybridized carbons (Fsp3) is 0.188. The Morgan fingerprint density at radius 1 is 1.12 bits per heavy atom. The van der Waals surface area contributed by atoms with Crippen molar-refractivity contribution in [3.8, 4) is 0 Å². The van der Waals surface area contributed by atoms with E-state index in [2.05, 4.69) is 0 Å². The number of ketones is 2. The zero-order chi connectivity index (χ0) is 17.9. The number of hydrogen-bond donors (Lipinski definition) is 1. The molecule has 0 radical (unpaired) electrons. The molecule has 0 aliphatic heterocycles. The molecule has 24 heavy (non-hydrogen) atoms. The predicted molar refractivity (Wildman–Crippen MR) is 76.6 cm³/mol. The lowest BCUT2D eigenvalue weighted by molar-refractivity contribution is -0.148. The Bertz CT molecular complexity index is 793. The Kier molecular flexibility index (Phi) is 4.87. The fourth-order valence-electron chi connectivity index (χ4n) is 2.08. The third kappa shape index (κ3) is 4.31. The number of rotatable bonds is 6. The lowest BCUT2D eigenvalue weighted by atomic mass is 10.1. The number of benzene rings is 1. The van der Waals surface area contributed by atoms with Gasteiger partial charge in [0.2, 0.25) is 5.78 Å². The van der Waals surface area contributed by atoms with Gasteiger partial charge in [0.25, 0.3) is 0 Å². The van der Waals surface area contributed by atoms with Crippen LogP contribution in [0.3, 0.4) is 0 Å². The van der Waals surface area contributed by atoms with E-state index in [4.69, 9.17) is 5.11 Å². The summed E-state index contributed by atoms with van der Waals surface area (Å²) in [4.78, 5) is 33.2. The Morgan fingerprint density at radius 2 is 1.83 bits per heavy atom. The van der Waals surface area contributed by atoms with Crippen LogP contribution in [-0.2, 0) is 22.3 Å². The number of carboxylic acids is 1. The lowest BCUT2D eigenvalue weighted by Gasteiger charge is -2.09. The van der Waals surface area contributed by atoms with Gasteiger partial charge in [0.15, 0.2) is 5.78 Å². The molecule has 0 amide bonds. The van der Waals surface area contributed by atoms with Crippen molar-refractivity contribution in [2.75, 3.05) is 0 Å². The number of Topliss-reactive ketones (excluding diaryl/α,β-unsaturated/α-hetero) is 2. The predicted octanol–water partition coefficient (Wildman–Crippen LogP) is 2.78. The summed E-state index contributed by atoms with van der Waals surface area (Å²) in [6.45, 7) is 0.101. The van der Waals surface area contributed by atoms with Crippen molar-refractivity contribution in [3.05, 3.63) is 59.4 Å². The lowest BCUT2D eigenvalue weighted by Crippen LogP contribution is -2.16. The normalized spacial score (nSPS) is 11.3. The quantitative estimate of drug-likeness (QED) is 0.499. The third-order valence-electron chi connectivity index (χ3n) is 3.25. The monoisotopic (exact) mass is 339 g/mol. The molecule has 1 heterocycles. The van der Waals surface area contributed by atoms with E-state index in [1.165, 1.54) is 35.2 Å². The van der Waals surface area contributed by atoms with E-state index in [9.17, 15) is 27.6 Å². The zero-order valence-electron chi connectivity index (χ0n) is 12.2. The first-order chi connectivity index (χ1) is 11.2. The number of carboxylic acid groups (broad SMARTS) is 1. The van der Waals surface area contributed by atoms with E-state index in [1.54, 1.807) is 0 Å². The molecule has 2 rings (SSSR count). The van der Waals surface area contributed by atoms with Gasteiger partial charge in [-0.25, -0.2) is 4.79 Å². The molecule has 0 unspecified atom stereocenters. The molecular weight excluding hydrogens is 327 g/mol. The minimum Gasteiger partial charge on any atom is -0.475 e. The van der Waals surface area contributed by atoms with E-state index in [0.717, 1.165) is 12.1 Å². The second-order valence-corrected chi connectivity index (χ2v) is 5.10. The minimum atomic E-state index is -4.44. The van der Waals surface area contributed by atoms with Crippen LogP contribution in [0.15, 0.2) is 42.7 Å². The smallest absolute Gasteiger partial charge is 0.416 e. The van der Waals surface area contributed by atoms with Crippen molar-refractivity contribution >= 4 is 17.5 Å². The Morgan fingerprint density at radius 3 is 2.46 bits per heavy atom. The first-order valence-corrected chi connectivity index (χ1v) is 6.78. The average Bonchev–Trinajstić information content (AvgIpc) is 2.95. The third-order valence-corrected chi connectivity index (χ3v) is 3.25. The van der Waals surface area contributed by atoms with E-state index in [-0.39, 0.29) is 12.1 Å². The van der Waals surface area contributed by atoms with Gasteiger partial charge in [-0.3, -0.25) is 9.59 Å². The van der Waals surface area contributed by atoms with Gasteiger partial charge >= 0.3 is 12.1 Å². The number of carbonyl (C=O) groups excluding carboxylic acids is 2. The van der Waals surface area contributed by atoms with Crippen LogP contribution in [0.4, 0.5) is 13.2 Å². The van der Waals surface area contributed by atoms with Crippen LogP contribution in [0.2, 0.25) is 0 Å². The summed E-state index contributed by atoms with van der Waals surface area (Å²) in [5.41, 5.74) is -0.256. The number of hydrogen-bond acceptors (Lipinski definition) is 3. The molecule has 2 aromatic rings. The average molecular weight is 339 g/mol. The number of aliphatic carboxylic acids is 1. The molecule has 1 aromatic carbocycles. The Balaban J connectivity index is 2.10. The van der Waals surface area contributed by atoms with Gasteiger partial charge in [-0.2, -0.15) is 13.2 Å². The highest BCUT2D eigenvalue weighted by atomic mass is 19.4. The summed E-state index contributed by atoms with van der Waals surface area (Å²) in [6.07, 6.45) is -2.37. The standard InChI is InChI=1S/C16H12F3NO4/c17-16(18,19)12-3-1-2-10(6-12)8-20-5-4-11(9-20)13(21)7-14(22)15(23)24/h1-6,9H,7-8H2,(H,23,24). The molecule has 0 fully saturated rings. The molecule has 0 saturated carbocycles. The van der Waals surface area contributed by atoms with Crippen LogP contribution < -0.4 is 0 Å². The number of alkyl halides is 3. The van der Waals surface area contributed by atoms with Crippen molar-refractivity contribution in [2.45, 2.75) is 19.1 Å². The summed E-state index contributed by atoms with van der Waals surface area (Å²) >= 11 is 0. The fourth-order valence-corrected chi connectivity index (χ4v) is 2.08. The topological polar surface area (TPSA) is 76.4 Å². The molecule has 0 spiro atoms. The van der Waals surface area contributed by atoms with Crippen molar-refractivity contribution in [1.29, 1.82) is 0 Å². The molecular formula is C16H12F3NO4. The summed E-state index contributed by atoms with van der Waals surface area (Å²) in [7, 11) is 0. The molecule has 5 nitrogen and oxygen atoms in total. The zero-order valence-corrected chi connectivity index (χ0v) is 12.2. The second kappa shape index (κ2) is 6.69. The summed E-state index contributed by atoms with van der Waals surface area (Å²) < 4.78 is 39.5. The highest BCUT2D eigenvalue weighted by Gasteiger charge is 2.30. The number of nitrogens with zero attached hydrogens (tertiary/aromatic N) is 1. The maximum atomic E-state index is 12.7. The van der Waals surface area contributed by atoms with Crippen molar-refractivity contribution < 1.29 is 32.7 Å². The van der Waals surface area contributed by atoms with Crippen molar-refractivity contribution in [2.24, 2.45) is 0 Å². The van der Waals surface area contributed by atoms with E-state index >= 15 is 0 Å². The van der Waals surface area contributed by atoms with E-state index in [1.807, 2.05) is 0 Å². The van der Waals surface area contributed by atoms with Gasteiger partial charge in [-0.05, 0) is 23.8 Å². The van der Waals surface area contributed by atoms with Gasteiger partial charge in [-0.15, -0.1) is 0 Å². The molecule has 0 saturated heterocycles. The Labute approximate surface area is 134 Å². The maximum Gasteiger partial charge on any atom is 0.416 e. The number of aromatic nitrogens is 1. The number of halogens is 3. The number of carbonyl (C=O) groups is 3. The summed E-state index contributed by atoms with van der Waals surface area (Å²) in [5.74, 6) is -3.57. The van der Waals surface area contributed by atoms with E-state index < -0.39 is 35.7 Å². The van der Waals surface area contributed by atoms with Gasteiger partial charge in [0.05, 0.1) is 12.0 Å². The maximum absolute atomic E-state index is 12.7. The van der Waals surface area contributed by atoms with Gasteiger partial charge in [0.1, 0.15) is 0 Å². The van der Waals surface area contributed by atoms with Crippen LogP contribution in [0.25, 0.3) is 0 Å². The minimum absolute atomic E-state index is 0.101. The van der Waals surface area contributed by atoms with Crippen LogP contribution in [0.1, 0.15) is 27.9 Å². The van der Waals surface area contributed by atoms with Crippen LogP contribution in [0.5, 0.6) is 0 Å². The summed E-state index contributed by atoms with van der Waals surface area (Å²) in [5, 5.41) is 8.47.